The van der Waals surface area contributed by atoms with Gasteiger partial charge >= 0.3 is 12.1 Å². The molecule has 0 radical (unpaired) electrons. The van der Waals surface area contributed by atoms with Crippen LogP contribution in [0.1, 0.15) is 57.9 Å². The van der Waals surface area contributed by atoms with Gasteiger partial charge in [-0.05, 0) is 75.1 Å². The highest BCUT2D eigenvalue weighted by molar-refractivity contribution is 5.94. The molecular weight excluding hydrogens is 675 g/mol. The van der Waals surface area contributed by atoms with Crippen LogP contribution in [-0.2, 0) is 35.1 Å². The summed E-state index contributed by atoms with van der Waals surface area (Å²) in [5.74, 6) is -3.46. The summed E-state index contributed by atoms with van der Waals surface area (Å²) in [6.45, 7) is 2.09. The molecule has 4 aliphatic carbocycles. The van der Waals surface area contributed by atoms with Gasteiger partial charge < -0.3 is 40.1 Å². The number of fused-ring (bicyclic) bond motifs is 5. The Labute approximate surface area is 292 Å². The highest BCUT2D eigenvalue weighted by atomic mass is 19.1. The minimum absolute atomic E-state index is 0.0156. The van der Waals surface area contributed by atoms with Gasteiger partial charge in [0.25, 0.3) is 5.09 Å². The van der Waals surface area contributed by atoms with Crippen molar-refractivity contribution in [1.82, 2.24) is 0 Å². The van der Waals surface area contributed by atoms with Crippen molar-refractivity contribution in [2.75, 3.05) is 19.8 Å². The predicted molar refractivity (Wildman–Crippen MR) is 173 cm³/mol. The number of ketones is 2. The minimum atomic E-state index is -2.48. The number of hydrogen-bond acceptors (Lipinski definition) is 14. The van der Waals surface area contributed by atoms with Gasteiger partial charge in [0, 0.05) is 23.2 Å². The molecule has 0 heterocycles. The third-order valence-corrected chi connectivity index (χ3v) is 11.4. The number of ether oxygens (including phenoxy) is 3. The molecule has 9 atom stereocenters. The molecule has 1 aromatic rings. The molecule has 2 saturated carbocycles. The number of carbonyl (C=O) groups excluding carboxylic acids is 4. The molecule has 1 aromatic carbocycles. The summed E-state index contributed by atoms with van der Waals surface area (Å²) in [5, 5.41) is 43.6. The van der Waals surface area contributed by atoms with E-state index in [1.807, 2.05) is 0 Å². The molecule has 0 aliphatic heterocycles. The average Bonchev–Trinajstić information content (AvgIpc) is 3.28. The summed E-state index contributed by atoms with van der Waals surface area (Å²) in [6.07, 6.45) is 0.453. The Bertz CT molecular complexity index is 1620. The largest absolute Gasteiger partial charge is 0.514 e. The van der Waals surface area contributed by atoms with E-state index in [9.17, 15) is 44.6 Å². The fourth-order valence-corrected chi connectivity index (χ4v) is 8.65. The number of nitrogens with zero attached hydrogens (tertiary/aromatic N) is 1. The Hall–Kier alpha value is -4.25. The highest BCUT2D eigenvalue weighted by Gasteiger charge is 2.76. The smallest absolute Gasteiger partial charge is 0.465 e. The number of benzene rings is 1. The molecule has 5 rings (SSSR count). The van der Waals surface area contributed by atoms with Gasteiger partial charge in [0.05, 0.1) is 25.4 Å². The lowest BCUT2D eigenvalue weighted by atomic mass is 9.45. The molecule has 51 heavy (non-hydrogen) atoms. The fraction of sp³-hybridized carbons (Fsp3) is 0.600. The lowest BCUT2D eigenvalue weighted by Gasteiger charge is -2.61. The van der Waals surface area contributed by atoms with Crippen molar-refractivity contribution in [2.45, 2.75) is 88.3 Å². The predicted octanol–water partition coefficient (Wildman–Crippen LogP) is 2.25. The van der Waals surface area contributed by atoms with E-state index in [0.29, 0.717) is 24.0 Å². The first-order chi connectivity index (χ1) is 24.0. The molecular formula is C35H43FN2O13. The van der Waals surface area contributed by atoms with Crippen molar-refractivity contribution in [3.63, 3.8) is 0 Å². The molecule has 15 nitrogen and oxygen atoms in total. The van der Waals surface area contributed by atoms with Crippen LogP contribution in [-0.4, -0.2) is 93.4 Å². The van der Waals surface area contributed by atoms with Gasteiger partial charge in [-0.3, -0.25) is 14.4 Å². The van der Waals surface area contributed by atoms with E-state index in [4.69, 9.17) is 19.9 Å². The molecule has 2 fully saturated rings. The van der Waals surface area contributed by atoms with Gasteiger partial charge in [-0.2, -0.15) is 0 Å². The Morgan fingerprint density at radius 1 is 1.08 bits per heavy atom. The van der Waals surface area contributed by atoms with E-state index < -0.39 is 81.8 Å². The third kappa shape index (κ3) is 6.77. The van der Waals surface area contributed by atoms with Crippen LogP contribution in [0, 0.1) is 32.8 Å². The van der Waals surface area contributed by atoms with E-state index >= 15 is 4.39 Å². The Kier molecular flexibility index (Phi) is 10.7. The molecule has 0 amide bonds. The number of unbranched alkanes of at least 4 members (excludes halogenated alkanes) is 1. The zero-order chi connectivity index (χ0) is 37.4. The summed E-state index contributed by atoms with van der Waals surface area (Å²) in [7, 11) is 0. The SMILES string of the molecule is C[C@]12C=CC(=O)CC1=CC[C@H]1[C@@H]3C[C@@H](O)[C@](O)(C(=O)COC(=O)Oc4ccc(C[C@H](N)C(=O)OCCCCO[N+](=O)[O-])cc4)[C@@]3(C)C[C@H](O)[C@@]12F. The Morgan fingerprint density at radius 2 is 1.76 bits per heavy atom. The Morgan fingerprint density at radius 3 is 2.45 bits per heavy atom. The number of aliphatic hydroxyl groups excluding tert-OH is 2. The second kappa shape index (κ2) is 14.4. The van der Waals surface area contributed by atoms with Crippen molar-refractivity contribution < 1.29 is 63.0 Å². The summed E-state index contributed by atoms with van der Waals surface area (Å²) in [6, 6.07) is 4.88. The van der Waals surface area contributed by atoms with Crippen LogP contribution in [0.2, 0.25) is 0 Å². The lowest BCUT2D eigenvalue weighted by Crippen LogP contribution is -2.69. The van der Waals surface area contributed by atoms with Crippen LogP contribution in [0.3, 0.4) is 0 Å². The van der Waals surface area contributed by atoms with E-state index in [1.165, 1.54) is 31.2 Å². The molecule has 4 aliphatic rings. The normalized spacial score (nSPS) is 34.3. The van der Waals surface area contributed by atoms with Crippen LogP contribution in [0.15, 0.2) is 48.1 Å². The number of esters is 1. The molecule has 0 aromatic heterocycles. The first-order valence-corrected chi connectivity index (χ1v) is 16.8. The maximum Gasteiger partial charge on any atom is 0.514 e. The van der Waals surface area contributed by atoms with Gasteiger partial charge in [-0.1, -0.05) is 36.8 Å². The number of hydrogen-bond donors (Lipinski definition) is 4. The standard InChI is InChI=1S/C35H43FN2O13/c1-32-12-11-22(39)16-21(32)7-10-24-25-17-27(40)35(45,33(25,2)18-28(41)34(24,32)36)29(42)19-49-31(44)51-23-8-5-20(6-9-23)15-26(37)30(43)48-13-3-4-14-50-38(46)47/h5-9,11-12,24-28,40-41,45H,3-4,10,13-19,37H2,1-2H3/t24-,25-,26-,27+,28-,32-,33-,34-,35-/m0/s1. The summed E-state index contributed by atoms with van der Waals surface area (Å²) in [4.78, 5) is 64.6. The van der Waals surface area contributed by atoms with E-state index in [1.54, 1.807) is 25.1 Å². The second-order valence-corrected chi connectivity index (χ2v) is 14.2. The van der Waals surface area contributed by atoms with Crippen molar-refractivity contribution in [3.8, 4) is 5.75 Å². The van der Waals surface area contributed by atoms with Crippen molar-refractivity contribution in [2.24, 2.45) is 28.4 Å². The monoisotopic (exact) mass is 718 g/mol. The maximum absolute atomic E-state index is 17.3. The van der Waals surface area contributed by atoms with Gasteiger partial charge in [0.1, 0.15) is 11.8 Å². The van der Waals surface area contributed by atoms with Crippen molar-refractivity contribution >= 4 is 23.7 Å². The molecule has 0 bridgehead atoms. The molecule has 16 heteroatoms. The zero-order valence-corrected chi connectivity index (χ0v) is 28.3. The topological polar surface area (TPSA) is 235 Å². The quantitative estimate of drug-likeness (QED) is 0.0572. The van der Waals surface area contributed by atoms with E-state index in [0.717, 1.165) is 0 Å². The van der Waals surface area contributed by atoms with E-state index in [2.05, 4.69) is 4.84 Å². The lowest BCUT2D eigenvalue weighted by molar-refractivity contribution is -0.757. The summed E-state index contributed by atoms with van der Waals surface area (Å²) >= 11 is 0. The minimum Gasteiger partial charge on any atom is -0.465 e. The van der Waals surface area contributed by atoms with Gasteiger partial charge in [0.2, 0.25) is 5.78 Å². The first kappa shape index (κ1) is 38.0. The Balaban J connectivity index is 1.15. The number of alkyl halides is 1. The number of halogens is 1. The van der Waals surface area contributed by atoms with Crippen LogP contribution in [0.4, 0.5) is 9.18 Å². The summed E-state index contributed by atoms with van der Waals surface area (Å²) < 4.78 is 32.5. The van der Waals surface area contributed by atoms with Crippen LogP contribution in [0.25, 0.3) is 0 Å². The number of aliphatic hydroxyl groups is 3. The second-order valence-electron chi connectivity index (χ2n) is 14.2. The number of carbonyl (C=O) groups is 4. The molecule has 0 spiro atoms. The van der Waals surface area contributed by atoms with Crippen molar-refractivity contribution in [3.05, 3.63) is 63.7 Å². The number of allylic oxidation sites excluding steroid dienone is 4. The number of rotatable bonds is 13. The van der Waals surface area contributed by atoms with Crippen LogP contribution in [0.5, 0.6) is 5.75 Å². The molecule has 5 N–H and O–H groups in total. The maximum atomic E-state index is 17.3. The molecule has 0 saturated heterocycles. The molecule has 0 unspecified atom stereocenters. The van der Waals surface area contributed by atoms with Crippen LogP contribution >= 0.6 is 0 Å². The fourth-order valence-electron chi connectivity index (χ4n) is 8.65. The van der Waals surface area contributed by atoms with E-state index in [-0.39, 0.29) is 56.9 Å². The number of Topliss-reactive ketones (excluding diaryl/α,β-unsaturated/α-hetero) is 1. The summed E-state index contributed by atoms with van der Waals surface area (Å²) in [5.41, 5.74) is -0.388. The highest BCUT2D eigenvalue weighted by Crippen LogP contribution is 2.69. The van der Waals surface area contributed by atoms with Gasteiger partial charge in [0.15, 0.2) is 23.7 Å². The van der Waals surface area contributed by atoms with Crippen LogP contribution < -0.4 is 10.5 Å². The first-order valence-electron chi connectivity index (χ1n) is 16.8. The van der Waals surface area contributed by atoms with Crippen molar-refractivity contribution in [1.29, 1.82) is 0 Å². The zero-order valence-electron chi connectivity index (χ0n) is 28.3. The third-order valence-electron chi connectivity index (χ3n) is 11.4. The number of nitrogens with two attached hydrogens (primary N) is 1. The van der Waals surface area contributed by atoms with Gasteiger partial charge in [-0.25, -0.2) is 9.18 Å². The van der Waals surface area contributed by atoms with Gasteiger partial charge in [-0.15, -0.1) is 10.1 Å². The molecule has 278 valence electrons. The average molecular weight is 719 g/mol.